The van der Waals surface area contributed by atoms with Crippen LogP contribution >= 0.6 is 23.1 Å². The monoisotopic (exact) mass is 475 g/mol. The van der Waals surface area contributed by atoms with Crippen molar-refractivity contribution in [1.29, 1.82) is 0 Å². The highest BCUT2D eigenvalue weighted by atomic mass is 32.2. The Bertz CT molecular complexity index is 1030. The average molecular weight is 476 g/mol. The fourth-order valence-corrected chi connectivity index (χ4v) is 4.70. The van der Waals surface area contributed by atoms with Crippen molar-refractivity contribution in [2.24, 2.45) is 0 Å². The van der Waals surface area contributed by atoms with Crippen molar-refractivity contribution in [2.75, 3.05) is 27.7 Å². The molecule has 0 aliphatic carbocycles. The molecule has 1 aromatic carbocycles. The Morgan fingerprint density at radius 1 is 1.31 bits per heavy atom. The number of benzene rings is 1. The first-order valence-corrected chi connectivity index (χ1v) is 11.8. The van der Waals surface area contributed by atoms with Gasteiger partial charge in [0.25, 0.3) is 5.91 Å². The number of thiazole rings is 1. The number of hydrogen-bond donors (Lipinski definition) is 2. The van der Waals surface area contributed by atoms with E-state index in [-0.39, 0.29) is 5.91 Å². The summed E-state index contributed by atoms with van der Waals surface area (Å²) in [5.74, 6) is -0.0471. The molecule has 0 radical (unpaired) electrons. The van der Waals surface area contributed by atoms with E-state index in [2.05, 4.69) is 21.8 Å². The van der Waals surface area contributed by atoms with Gasteiger partial charge in [0.05, 0.1) is 6.54 Å². The van der Waals surface area contributed by atoms with E-state index in [1.807, 2.05) is 56.5 Å². The first-order chi connectivity index (χ1) is 15.0. The van der Waals surface area contributed by atoms with Gasteiger partial charge in [-0.1, -0.05) is 11.8 Å². The summed E-state index contributed by atoms with van der Waals surface area (Å²) in [5.41, 5.74) is 5.44. The first kappa shape index (κ1) is 24.1. The molecule has 8 nitrogen and oxygen atoms in total. The third-order valence-electron chi connectivity index (χ3n) is 4.33. The fraction of sp³-hybridized carbons (Fsp3) is 0.409. The van der Waals surface area contributed by atoms with E-state index in [4.69, 9.17) is 4.74 Å². The van der Waals surface area contributed by atoms with E-state index in [1.54, 1.807) is 19.0 Å². The van der Waals surface area contributed by atoms with Gasteiger partial charge in [0.1, 0.15) is 15.6 Å². The lowest BCUT2D eigenvalue weighted by molar-refractivity contribution is 0.0523. The van der Waals surface area contributed by atoms with Gasteiger partial charge in [-0.05, 0) is 50.1 Å². The third kappa shape index (κ3) is 6.72. The number of hydrogen-bond acceptors (Lipinski definition) is 8. The highest BCUT2D eigenvalue weighted by molar-refractivity contribution is 7.99. The molecule has 32 heavy (non-hydrogen) atoms. The summed E-state index contributed by atoms with van der Waals surface area (Å²) in [6.45, 7) is 6.48. The number of carbonyl (C=O) groups excluding carboxylic acids is 2. The number of aromatic nitrogens is 1. The standard InChI is InChI=1S/C22H29N5O3S2/c1-22(2,3)30-21(29)23-11-18-25-19(13-31-18)32-17-8-14(16-10-24-27(6)12-16)7-15(9-17)20(28)26(4)5/h7-9,12-13,24H,10-11H2,1-6H3,(H,23,29). The smallest absolute Gasteiger partial charge is 0.408 e. The van der Waals surface area contributed by atoms with Crippen LogP contribution < -0.4 is 10.7 Å². The second kappa shape index (κ2) is 9.93. The first-order valence-electron chi connectivity index (χ1n) is 10.1. The average Bonchev–Trinajstić information content (AvgIpc) is 3.33. The number of amides is 2. The van der Waals surface area contributed by atoms with E-state index in [9.17, 15) is 9.59 Å². The number of rotatable bonds is 6. The highest BCUT2D eigenvalue weighted by Crippen LogP contribution is 2.32. The van der Waals surface area contributed by atoms with Gasteiger partial charge in [-0.3, -0.25) is 4.79 Å². The predicted molar refractivity (Wildman–Crippen MR) is 128 cm³/mol. The summed E-state index contributed by atoms with van der Waals surface area (Å²) < 4.78 is 5.26. The van der Waals surface area contributed by atoms with Gasteiger partial charge in [0.2, 0.25) is 0 Å². The number of nitrogens with zero attached hydrogens (tertiary/aromatic N) is 3. The summed E-state index contributed by atoms with van der Waals surface area (Å²) in [6, 6.07) is 5.89. The minimum atomic E-state index is -0.542. The van der Waals surface area contributed by atoms with E-state index < -0.39 is 11.7 Å². The molecule has 0 bridgehead atoms. The van der Waals surface area contributed by atoms with Crippen LogP contribution in [0, 0.1) is 0 Å². The molecule has 1 aliphatic heterocycles. The van der Waals surface area contributed by atoms with Crippen LogP contribution in [-0.2, 0) is 11.3 Å². The molecule has 3 rings (SSSR count). The molecular formula is C22H29N5O3S2. The molecule has 10 heteroatoms. The Hall–Kier alpha value is -2.56. The van der Waals surface area contributed by atoms with Crippen LogP contribution in [0.25, 0.3) is 5.57 Å². The molecular weight excluding hydrogens is 446 g/mol. The fourth-order valence-electron chi connectivity index (χ4n) is 2.94. The molecule has 2 heterocycles. The number of carbonyl (C=O) groups is 2. The van der Waals surface area contributed by atoms with Crippen molar-refractivity contribution in [1.82, 2.24) is 25.6 Å². The van der Waals surface area contributed by atoms with Gasteiger partial charge in [0, 0.05) is 49.7 Å². The Morgan fingerprint density at radius 2 is 2.06 bits per heavy atom. The second-order valence-corrected chi connectivity index (χ2v) is 10.6. The van der Waals surface area contributed by atoms with E-state index in [0.717, 1.165) is 26.1 Å². The number of nitrogens with one attached hydrogen (secondary N) is 2. The van der Waals surface area contributed by atoms with Gasteiger partial charge in [-0.25, -0.2) is 15.2 Å². The maximum absolute atomic E-state index is 12.6. The number of ether oxygens (including phenoxy) is 1. The molecule has 0 fully saturated rings. The van der Waals surface area contributed by atoms with Gasteiger partial charge >= 0.3 is 6.09 Å². The molecule has 0 unspecified atom stereocenters. The Kier molecular flexibility index (Phi) is 7.47. The zero-order valence-electron chi connectivity index (χ0n) is 19.2. The molecule has 2 aromatic rings. The number of alkyl carbamates (subject to hydrolysis) is 1. The lowest BCUT2D eigenvalue weighted by atomic mass is 10.0. The van der Waals surface area contributed by atoms with Crippen molar-refractivity contribution in [3.05, 3.63) is 45.9 Å². The molecule has 2 amide bonds. The van der Waals surface area contributed by atoms with E-state index >= 15 is 0 Å². The Balaban J connectivity index is 1.75. The maximum Gasteiger partial charge on any atom is 0.408 e. The van der Waals surface area contributed by atoms with E-state index in [1.165, 1.54) is 23.1 Å². The predicted octanol–water partition coefficient (Wildman–Crippen LogP) is 3.81. The van der Waals surface area contributed by atoms with Crippen LogP contribution in [0.3, 0.4) is 0 Å². The molecule has 172 valence electrons. The summed E-state index contributed by atoms with van der Waals surface area (Å²) >= 11 is 2.96. The lowest BCUT2D eigenvalue weighted by Crippen LogP contribution is -2.32. The van der Waals surface area contributed by atoms with Gasteiger partial charge in [-0.15, -0.1) is 11.3 Å². The van der Waals surface area contributed by atoms with Crippen LogP contribution in [0.2, 0.25) is 0 Å². The molecule has 1 aliphatic rings. The normalized spacial score (nSPS) is 13.7. The van der Waals surface area contributed by atoms with Crippen molar-refractivity contribution in [2.45, 2.75) is 42.8 Å². The minimum absolute atomic E-state index is 0.0471. The quantitative estimate of drug-likeness (QED) is 0.657. The molecule has 2 N–H and O–H groups in total. The summed E-state index contributed by atoms with van der Waals surface area (Å²) in [4.78, 5) is 31.6. The van der Waals surface area contributed by atoms with Gasteiger partial charge in [-0.2, -0.15) is 0 Å². The molecule has 0 spiro atoms. The topological polar surface area (TPSA) is 86.8 Å². The zero-order chi connectivity index (χ0) is 23.5. The van der Waals surface area contributed by atoms with Crippen LogP contribution in [0.1, 0.15) is 41.7 Å². The van der Waals surface area contributed by atoms with Crippen molar-refractivity contribution in [3.8, 4) is 0 Å². The SMILES string of the molecule is CN1C=C(c2cc(Sc3csc(CNC(=O)OC(C)(C)C)n3)cc(C(=O)N(C)C)c2)CN1. The lowest BCUT2D eigenvalue weighted by Gasteiger charge is -2.19. The summed E-state index contributed by atoms with van der Waals surface area (Å²) in [5, 5.41) is 8.18. The molecule has 1 aromatic heterocycles. The van der Waals surface area contributed by atoms with Crippen LogP contribution in [0.15, 0.2) is 39.7 Å². The molecule has 0 saturated heterocycles. The van der Waals surface area contributed by atoms with Crippen molar-refractivity contribution >= 4 is 40.7 Å². The van der Waals surface area contributed by atoms with E-state index in [0.29, 0.717) is 18.7 Å². The Labute approximate surface area is 197 Å². The minimum Gasteiger partial charge on any atom is -0.444 e. The summed E-state index contributed by atoms with van der Waals surface area (Å²) in [7, 11) is 5.44. The molecule has 0 atom stereocenters. The number of hydrazine groups is 1. The largest absolute Gasteiger partial charge is 0.444 e. The van der Waals surface area contributed by atoms with Crippen molar-refractivity contribution < 1.29 is 14.3 Å². The Morgan fingerprint density at radius 3 is 2.69 bits per heavy atom. The summed E-state index contributed by atoms with van der Waals surface area (Å²) in [6.07, 6.45) is 1.56. The maximum atomic E-state index is 12.6. The van der Waals surface area contributed by atoms with Crippen molar-refractivity contribution in [3.63, 3.8) is 0 Å². The van der Waals surface area contributed by atoms with Gasteiger partial charge in [0.15, 0.2) is 0 Å². The van der Waals surface area contributed by atoms with Gasteiger partial charge < -0.3 is 20.0 Å². The van der Waals surface area contributed by atoms with Crippen LogP contribution in [-0.4, -0.2) is 60.2 Å². The second-order valence-electron chi connectivity index (χ2n) is 8.58. The van der Waals surface area contributed by atoms with Crippen LogP contribution in [0.5, 0.6) is 0 Å². The molecule has 0 saturated carbocycles. The van der Waals surface area contributed by atoms with Crippen LogP contribution in [0.4, 0.5) is 4.79 Å². The third-order valence-corrected chi connectivity index (χ3v) is 6.22. The zero-order valence-corrected chi connectivity index (χ0v) is 20.8. The highest BCUT2D eigenvalue weighted by Gasteiger charge is 2.18.